The van der Waals surface area contributed by atoms with Gasteiger partial charge in [0, 0.05) is 27.8 Å². The molecular formula is C27H30N3O4PS. The van der Waals surface area contributed by atoms with Gasteiger partial charge in [-0.1, -0.05) is 37.3 Å². The zero-order chi connectivity index (χ0) is 25.7. The normalized spacial score (nSPS) is 13.7. The number of H-pyrrole nitrogens is 1. The quantitative estimate of drug-likeness (QED) is 0.137. The standard InChI is InChI=1S/C27H30N3O4PS/c1-4-18(2)34-35(31,32)17-19-9-12-22(13-10-19)28-27(36)30-25-16-21(11-14-26(25)33-3)24-15-20-7-5-6-8-23(20)29-24/h5-16,18,29H,4,17H2,1-3H3,(H,31,32)(H2,28,30,36). The largest absolute Gasteiger partial charge is 0.495 e. The lowest BCUT2D eigenvalue weighted by Gasteiger charge is -2.17. The maximum atomic E-state index is 12.3. The second-order valence-electron chi connectivity index (χ2n) is 8.58. The molecule has 0 bridgehead atoms. The van der Waals surface area contributed by atoms with Crippen LogP contribution in [0.15, 0.2) is 72.8 Å². The number of methoxy groups -OCH3 is 1. The minimum Gasteiger partial charge on any atom is -0.495 e. The molecule has 4 rings (SSSR count). The molecule has 0 amide bonds. The first-order valence-electron chi connectivity index (χ1n) is 11.7. The van der Waals surface area contributed by atoms with Crippen LogP contribution in [0.1, 0.15) is 25.8 Å². The molecule has 0 spiro atoms. The number of nitrogens with one attached hydrogen (secondary N) is 3. The van der Waals surface area contributed by atoms with E-state index >= 15 is 0 Å². The Morgan fingerprint density at radius 3 is 2.53 bits per heavy atom. The number of fused-ring (bicyclic) bond motifs is 1. The third-order valence-electron chi connectivity index (χ3n) is 5.80. The van der Waals surface area contributed by atoms with E-state index in [1.165, 1.54) is 0 Å². The zero-order valence-electron chi connectivity index (χ0n) is 20.4. The van der Waals surface area contributed by atoms with Crippen LogP contribution in [0.2, 0.25) is 0 Å². The zero-order valence-corrected chi connectivity index (χ0v) is 22.2. The van der Waals surface area contributed by atoms with Gasteiger partial charge in [-0.2, -0.15) is 0 Å². The van der Waals surface area contributed by atoms with Crippen LogP contribution in [-0.2, 0) is 15.3 Å². The Labute approximate surface area is 216 Å². The Hall–Kier alpha value is -3.16. The fourth-order valence-electron chi connectivity index (χ4n) is 3.80. The van der Waals surface area contributed by atoms with Crippen LogP contribution in [0.3, 0.4) is 0 Å². The number of anilines is 2. The summed E-state index contributed by atoms with van der Waals surface area (Å²) in [5.41, 5.74) is 5.25. The van der Waals surface area contributed by atoms with Crippen LogP contribution < -0.4 is 15.4 Å². The second-order valence-corrected chi connectivity index (χ2v) is 10.8. The molecule has 188 valence electrons. The molecule has 0 saturated carbocycles. The molecule has 0 fully saturated rings. The van der Waals surface area contributed by atoms with E-state index < -0.39 is 7.60 Å². The molecular weight excluding hydrogens is 493 g/mol. The monoisotopic (exact) mass is 523 g/mol. The van der Waals surface area contributed by atoms with E-state index in [1.807, 2.05) is 55.5 Å². The van der Waals surface area contributed by atoms with E-state index in [0.29, 0.717) is 22.8 Å². The summed E-state index contributed by atoms with van der Waals surface area (Å²) in [7, 11) is -2.09. The molecule has 2 atom stereocenters. The van der Waals surface area contributed by atoms with Crippen molar-refractivity contribution < 1.29 is 18.7 Å². The van der Waals surface area contributed by atoms with Crippen molar-refractivity contribution in [2.45, 2.75) is 32.5 Å². The predicted octanol–water partition coefficient (Wildman–Crippen LogP) is 7.15. The van der Waals surface area contributed by atoms with E-state index in [2.05, 4.69) is 27.8 Å². The van der Waals surface area contributed by atoms with Gasteiger partial charge >= 0.3 is 7.60 Å². The molecule has 0 aliphatic rings. The topological polar surface area (TPSA) is 95.6 Å². The summed E-state index contributed by atoms with van der Waals surface area (Å²) in [6, 6.07) is 23.3. The van der Waals surface area contributed by atoms with Crippen molar-refractivity contribution in [1.82, 2.24) is 4.98 Å². The SMILES string of the molecule is CCC(C)OP(=O)(O)Cc1ccc(NC(=S)Nc2cc(-c3cc4ccccc4[nH]3)ccc2OC)cc1. The van der Waals surface area contributed by atoms with Gasteiger partial charge in [-0.05, 0) is 73.6 Å². The highest BCUT2D eigenvalue weighted by Gasteiger charge is 2.22. The smallest absolute Gasteiger partial charge is 0.332 e. The van der Waals surface area contributed by atoms with Gasteiger partial charge in [0.2, 0.25) is 0 Å². The maximum absolute atomic E-state index is 12.3. The van der Waals surface area contributed by atoms with Crippen molar-refractivity contribution in [2.75, 3.05) is 17.7 Å². The Kier molecular flexibility index (Phi) is 8.11. The lowest BCUT2D eigenvalue weighted by molar-refractivity contribution is 0.185. The van der Waals surface area contributed by atoms with Crippen molar-refractivity contribution in [2.24, 2.45) is 0 Å². The van der Waals surface area contributed by atoms with Crippen molar-refractivity contribution in [1.29, 1.82) is 0 Å². The number of aromatic amines is 1. The van der Waals surface area contributed by atoms with Gasteiger partial charge in [-0.3, -0.25) is 4.57 Å². The average molecular weight is 524 g/mol. The van der Waals surface area contributed by atoms with E-state index in [-0.39, 0.29) is 12.3 Å². The molecule has 0 saturated heterocycles. The fraction of sp³-hybridized carbons (Fsp3) is 0.222. The van der Waals surface area contributed by atoms with Crippen LogP contribution >= 0.6 is 19.8 Å². The van der Waals surface area contributed by atoms with Crippen molar-refractivity contribution in [3.63, 3.8) is 0 Å². The van der Waals surface area contributed by atoms with E-state index in [9.17, 15) is 9.46 Å². The third kappa shape index (κ3) is 6.53. The van der Waals surface area contributed by atoms with Gasteiger partial charge < -0.3 is 29.8 Å². The number of hydrogen-bond donors (Lipinski definition) is 4. The Bertz CT molecular complexity index is 1370. The van der Waals surface area contributed by atoms with Crippen LogP contribution in [0.25, 0.3) is 22.2 Å². The summed E-state index contributed by atoms with van der Waals surface area (Å²) >= 11 is 5.53. The fourth-order valence-corrected chi connectivity index (χ4v) is 5.49. The summed E-state index contributed by atoms with van der Waals surface area (Å²) in [6.45, 7) is 3.70. The van der Waals surface area contributed by atoms with Gasteiger partial charge in [0.15, 0.2) is 5.11 Å². The highest BCUT2D eigenvalue weighted by molar-refractivity contribution is 7.80. The van der Waals surface area contributed by atoms with Crippen molar-refractivity contribution >= 4 is 47.2 Å². The molecule has 0 aliphatic heterocycles. The molecule has 4 aromatic rings. The molecule has 36 heavy (non-hydrogen) atoms. The van der Waals surface area contributed by atoms with Gasteiger partial charge in [0.05, 0.1) is 25.1 Å². The highest BCUT2D eigenvalue weighted by Crippen LogP contribution is 2.47. The van der Waals surface area contributed by atoms with Crippen molar-refractivity contribution in [3.8, 4) is 17.0 Å². The Morgan fingerprint density at radius 1 is 1.08 bits per heavy atom. The second kappa shape index (κ2) is 11.3. The first kappa shape index (κ1) is 25.9. The van der Waals surface area contributed by atoms with Crippen molar-refractivity contribution in [3.05, 3.63) is 78.4 Å². The summed E-state index contributed by atoms with van der Waals surface area (Å²) < 4.78 is 23.1. The van der Waals surface area contributed by atoms with Crippen LogP contribution in [-0.4, -0.2) is 28.2 Å². The summed E-state index contributed by atoms with van der Waals surface area (Å²) in [5.74, 6) is 0.661. The minimum absolute atomic E-state index is 0.0436. The molecule has 4 N–H and O–H groups in total. The van der Waals surface area contributed by atoms with E-state index in [4.69, 9.17) is 21.5 Å². The first-order valence-corrected chi connectivity index (χ1v) is 13.9. The Balaban J connectivity index is 1.44. The number of thiocarbonyl (C=S) groups is 1. The number of benzene rings is 3. The number of hydrogen-bond acceptors (Lipinski definition) is 4. The number of rotatable bonds is 9. The van der Waals surface area contributed by atoms with Crippen LogP contribution in [0, 0.1) is 0 Å². The van der Waals surface area contributed by atoms with Gasteiger partial charge in [0.1, 0.15) is 5.75 Å². The van der Waals surface area contributed by atoms with Gasteiger partial charge in [-0.25, -0.2) is 0 Å². The molecule has 0 radical (unpaired) electrons. The van der Waals surface area contributed by atoms with Gasteiger partial charge in [-0.15, -0.1) is 0 Å². The first-order chi connectivity index (χ1) is 17.3. The highest BCUT2D eigenvalue weighted by atomic mass is 32.1. The van der Waals surface area contributed by atoms with Gasteiger partial charge in [0.25, 0.3) is 0 Å². The number of aromatic nitrogens is 1. The number of para-hydroxylation sites is 1. The average Bonchev–Trinajstić information content (AvgIpc) is 3.29. The lowest BCUT2D eigenvalue weighted by Crippen LogP contribution is -2.19. The summed E-state index contributed by atoms with van der Waals surface area (Å²) in [4.78, 5) is 13.6. The van der Waals surface area contributed by atoms with E-state index in [0.717, 1.165) is 33.5 Å². The number of ether oxygens (including phenoxy) is 1. The molecule has 1 aromatic heterocycles. The predicted molar refractivity (Wildman–Crippen MR) is 151 cm³/mol. The molecule has 3 aromatic carbocycles. The summed E-state index contributed by atoms with van der Waals surface area (Å²) in [6.07, 6.45) is 0.363. The molecule has 0 aliphatic carbocycles. The van der Waals surface area contributed by atoms with E-state index in [1.54, 1.807) is 26.2 Å². The minimum atomic E-state index is -3.70. The summed E-state index contributed by atoms with van der Waals surface area (Å²) in [5, 5.41) is 7.89. The van der Waals surface area contributed by atoms with Crippen LogP contribution in [0.5, 0.6) is 5.75 Å². The Morgan fingerprint density at radius 2 is 1.83 bits per heavy atom. The maximum Gasteiger partial charge on any atom is 0.332 e. The molecule has 2 unspecified atom stereocenters. The van der Waals surface area contributed by atoms with Crippen LogP contribution in [0.4, 0.5) is 11.4 Å². The lowest BCUT2D eigenvalue weighted by atomic mass is 10.1. The third-order valence-corrected chi connectivity index (χ3v) is 7.46. The molecule has 1 heterocycles. The molecule has 9 heteroatoms. The molecule has 7 nitrogen and oxygen atoms in total.